The van der Waals surface area contributed by atoms with Crippen molar-refractivity contribution < 1.29 is 9.53 Å². The van der Waals surface area contributed by atoms with Crippen LogP contribution in [-0.4, -0.2) is 50.2 Å². The summed E-state index contributed by atoms with van der Waals surface area (Å²) in [4.78, 5) is 21.2. The molecule has 1 aliphatic carbocycles. The summed E-state index contributed by atoms with van der Waals surface area (Å²) in [6, 6.07) is 9.19. The second kappa shape index (κ2) is 10.4. The van der Waals surface area contributed by atoms with E-state index in [0.29, 0.717) is 5.92 Å². The predicted molar refractivity (Wildman–Crippen MR) is 165 cm³/mol. The predicted octanol–water partition coefficient (Wildman–Crippen LogP) is 7.84. The van der Waals surface area contributed by atoms with E-state index in [1.165, 1.54) is 57.8 Å². The normalized spacial score (nSPS) is 24.2. The Hall–Kier alpha value is -3.00. The third-order valence-corrected chi connectivity index (χ3v) is 10.6. The van der Waals surface area contributed by atoms with Crippen LogP contribution in [0.5, 0.6) is 0 Å². The van der Waals surface area contributed by atoms with Crippen molar-refractivity contribution >= 4 is 23.1 Å². The van der Waals surface area contributed by atoms with Crippen LogP contribution in [-0.2, 0) is 4.74 Å². The number of carbonyl (C=O) groups excluding carboxylic acids is 1. The van der Waals surface area contributed by atoms with Crippen LogP contribution < -0.4 is 0 Å². The number of benzene rings is 1. The fourth-order valence-electron chi connectivity index (χ4n) is 6.96. The molecule has 0 bridgehead atoms. The third-order valence-electron chi connectivity index (χ3n) is 9.42. The minimum absolute atomic E-state index is 0.0219. The highest BCUT2D eigenvalue weighted by atomic mass is 32.1. The first kappa shape index (κ1) is 28.1. The number of hydrogen-bond acceptors (Lipinski definition) is 6. The van der Waals surface area contributed by atoms with Gasteiger partial charge in [0.2, 0.25) is 0 Å². The SMILES string of the molecule is CCC1N=C(c2ccc(C3CCC4(CC3)CCN(C(=O)OC(C)(C)C)C4)cc2)c2c(sc(C)c2C)-n2c(C)nnc21. The van der Waals surface area contributed by atoms with E-state index < -0.39 is 5.60 Å². The Bertz CT molecular complexity index is 1480. The zero-order valence-electron chi connectivity index (χ0n) is 25.6. The number of hydrogen-bond donors (Lipinski definition) is 0. The summed E-state index contributed by atoms with van der Waals surface area (Å²) in [5.74, 6) is 2.41. The lowest BCUT2D eigenvalue weighted by molar-refractivity contribution is 0.0260. The van der Waals surface area contributed by atoms with Gasteiger partial charge in [0.25, 0.3) is 0 Å². The molecular formula is C33H43N5O2S. The van der Waals surface area contributed by atoms with E-state index in [9.17, 15) is 4.79 Å². The third kappa shape index (κ3) is 5.13. The molecule has 2 aliphatic heterocycles. The summed E-state index contributed by atoms with van der Waals surface area (Å²) in [7, 11) is 0. The highest BCUT2D eigenvalue weighted by molar-refractivity contribution is 7.15. The summed E-state index contributed by atoms with van der Waals surface area (Å²) >= 11 is 1.81. The number of nitrogens with zero attached hydrogens (tertiary/aromatic N) is 5. The molecular weight excluding hydrogens is 530 g/mol. The molecule has 218 valence electrons. The zero-order valence-corrected chi connectivity index (χ0v) is 26.4. The number of fused-ring (bicyclic) bond motifs is 3. The molecule has 0 N–H and O–H groups in total. The van der Waals surface area contributed by atoms with Crippen molar-refractivity contribution in [1.82, 2.24) is 19.7 Å². The fraction of sp³-hybridized carbons (Fsp3) is 0.576. The largest absolute Gasteiger partial charge is 0.444 e. The first-order valence-electron chi connectivity index (χ1n) is 15.2. The Morgan fingerprint density at radius 1 is 1.07 bits per heavy atom. The molecule has 1 unspecified atom stereocenters. The Morgan fingerprint density at radius 3 is 2.44 bits per heavy atom. The monoisotopic (exact) mass is 573 g/mol. The number of thiophene rings is 1. The molecule has 1 saturated carbocycles. The summed E-state index contributed by atoms with van der Waals surface area (Å²) < 4.78 is 7.88. The molecule has 1 amide bonds. The number of aliphatic imine (C=N–C) groups is 1. The summed E-state index contributed by atoms with van der Waals surface area (Å²) in [5.41, 5.74) is 5.96. The smallest absolute Gasteiger partial charge is 0.410 e. The molecule has 8 heteroatoms. The Morgan fingerprint density at radius 2 is 1.78 bits per heavy atom. The van der Waals surface area contributed by atoms with Crippen LogP contribution in [0.25, 0.3) is 5.00 Å². The zero-order chi connectivity index (χ0) is 29.1. The van der Waals surface area contributed by atoms with Crippen molar-refractivity contribution in [3.63, 3.8) is 0 Å². The standard InChI is InChI=1S/C33H43N5O2S/c1-8-26-29-36-35-22(4)38(29)30-27(20(2)21(3)41-30)28(34-26)25-11-9-23(10-12-25)24-13-15-33(16-14-24)17-18-37(19-33)31(39)40-32(5,6)7/h9-12,24,26H,8,13-19H2,1-7H3. The van der Waals surface area contributed by atoms with Crippen LogP contribution in [0, 0.1) is 26.2 Å². The first-order chi connectivity index (χ1) is 19.5. The van der Waals surface area contributed by atoms with Crippen LogP contribution in [0.1, 0.15) is 117 Å². The van der Waals surface area contributed by atoms with Crippen molar-refractivity contribution in [3.05, 3.63) is 63.0 Å². The van der Waals surface area contributed by atoms with E-state index in [4.69, 9.17) is 9.73 Å². The second-order valence-electron chi connectivity index (χ2n) is 13.4. The number of amides is 1. The van der Waals surface area contributed by atoms with Crippen molar-refractivity contribution in [2.75, 3.05) is 13.1 Å². The van der Waals surface area contributed by atoms with Gasteiger partial charge in [-0.15, -0.1) is 21.5 Å². The molecule has 6 rings (SSSR count). The van der Waals surface area contributed by atoms with E-state index in [0.717, 1.165) is 43.3 Å². The molecule has 1 atom stereocenters. The lowest BCUT2D eigenvalue weighted by Gasteiger charge is -2.37. The topological polar surface area (TPSA) is 72.6 Å². The van der Waals surface area contributed by atoms with Crippen molar-refractivity contribution in [2.45, 2.75) is 105 Å². The van der Waals surface area contributed by atoms with Crippen LogP contribution in [0.3, 0.4) is 0 Å². The van der Waals surface area contributed by atoms with Gasteiger partial charge in [0.1, 0.15) is 22.5 Å². The summed E-state index contributed by atoms with van der Waals surface area (Å²) in [5, 5.41) is 10.2. The molecule has 4 heterocycles. The number of carbonyl (C=O) groups is 1. The van der Waals surface area contributed by atoms with E-state index in [1.54, 1.807) is 0 Å². The number of rotatable bonds is 3. The van der Waals surface area contributed by atoms with E-state index >= 15 is 0 Å². The van der Waals surface area contributed by atoms with Crippen LogP contribution in [0.4, 0.5) is 4.79 Å². The molecule has 1 spiro atoms. The Labute approximate surface area is 248 Å². The van der Waals surface area contributed by atoms with Gasteiger partial charge in [-0.2, -0.15) is 0 Å². The van der Waals surface area contributed by atoms with Crippen LogP contribution in [0.2, 0.25) is 0 Å². The van der Waals surface area contributed by atoms with Gasteiger partial charge in [-0.3, -0.25) is 9.56 Å². The maximum absolute atomic E-state index is 12.6. The summed E-state index contributed by atoms with van der Waals surface area (Å²) in [6.45, 7) is 16.1. The average Bonchev–Trinajstić information content (AvgIpc) is 3.58. The quantitative estimate of drug-likeness (QED) is 0.320. The fourth-order valence-corrected chi connectivity index (χ4v) is 8.18. The van der Waals surface area contributed by atoms with Gasteiger partial charge in [-0.05, 0) is 103 Å². The minimum Gasteiger partial charge on any atom is -0.444 e. The number of aromatic nitrogens is 3. The molecule has 0 radical (unpaired) electrons. The second-order valence-corrected chi connectivity index (χ2v) is 14.6. The van der Waals surface area contributed by atoms with Crippen LogP contribution >= 0.6 is 11.3 Å². The first-order valence-corrected chi connectivity index (χ1v) is 16.0. The van der Waals surface area contributed by atoms with Gasteiger partial charge in [-0.25, -0.2) is 4.79 Å². The van der Waals surface area contributed by atoms with Crippen molar-refractivity contribution in [3.8, 4) is 5.00 Å². The molecule has 1 saturated heterocycles. The molecule has 3 aromatic rings. The number of likely N-dealkylation sites (tertiary alicyclic amines) is 1. The van der Waals surface area contributed by atoms with Crippen LogP contribution in [0.15, 0.2) is 29.3 Å². The molecule has 7 nitrogen and oxygen atoms in total. The van der Waals surface area contributed by atoms with Gasteiger partial charge >= 0.3 is 6.09 Å². The van der Waals surface area contributed by atoms with Gasteiger partial charge in [-0.1, -0.05) is 31.2 Å². The van der Waals surface area contributed by atoms with E-state index in [1.807, 2.05) is 43.9 Å². The molecule has 3 aliphatic rings. The van der Waals surface area contributed by atoms with Crippen molar-refractivity contribution in [2.24, 2.45) is 10.4 Å². The lowest BCUT2D eigenvalue weighted by Crippen LogP contribution is -2.37. The average molecular weight is 574 g/mol. The lowest BCUT2D eigenvalue weighted by atomic mass is 9.68. The van der Waals surface area contributed by atoms with E-state index in [2.05, 4.69) is 59.8 Å². The highest BCUT2D eigenvalue weighted by Crippen LogP contribution is 2.48. The maximum Gasteiger partial charge on any atom is 0.410 e. The van der Waals surface area contributed by atoms with Crippen molar-refractivity contribution in [1.29, 1.82) is 0 Å². The van der Waals surface area contributed by atoms with Gasteiger partial charge in [0, 0.05) is 29.1 Å². The Balaban J connectivity index is 1.20. The molecule has 2 fully saturated rings. The van der Waals surface area contributed by atoms with E-state index in [-0.39, 0.29) is 17.6 Å². The van der Waals surface area contributed by atoms with Gasteiger partial charge in [0.05, 0.1) is 5.71 Å². The molecule has 1 aromatic carbocycles. The van der Waals surface area contributed by atoms with Gasteiger partial charge in [0.15, 0.2) is 5.82 Å². The number of aryl methyl sites for hydroxylation is 2. The van der Waals surface area contributed by atoms with Gasteiger partial charge < -0.3 is 9.64 Å². The Kier molecular flexibility index (Phi) is 7.12. The minimum atomic E-state index is -0.448. The molecule has 41 heavy (non-hydrogen) atoms. The summed E-state index contributed by atoms with van der Waals surface area (Å²) in [6.07, 6.45) is 6.47. The maximum atomic E-state index is 12.6. The number of ether oxygens (including phenoxy) is 1. The highest BCUT2D eigenvalue weighted by Gasteiger charge is 2.43. The molecule has 2 aromatic heterocycles.